The second kappa shape index (κ2) is 7.77. The van der Waals surface area contributed by atoms with Crippen LogP contribution in [0.1, 0.15) is 27.7 Å². The van der Waals surface area contributed by atoms with Gasteiger partial charge in [0.15, 0.2) is 5.82 Å². The van der Waals surface area contributed by atoms with E-state index in [4.69, 9.17) is 9.72 Å². The highest BCUT2D eigenvalue weighted by Gasteiger charge is 2.56. The third kappa shape index (κ3) is 3.57. The molecule has 4 heterocycles. The number of aromatic amines is 1. The topological polar surface area (TPSA) is 87.2 Å². The van der Waals surface area contributed by atoms with Crippen LogP contribution >= 0.6 is 0 Å². The number of fused-ring (bicyclic) bond motifs is 1. The van der Waals surface area contributed by atoms with Crippen LogP contribution in [0.25, 0.3) is 0 Å². The highest BCUT2D eigenvalue weighted by Crippen LogP contribution is 2.44. The van der Waals surface area contributed by atoms with Gasteiger partial charge in [-0.1, -0.05) is 24.3 Å². The average Bonchev–Trinajstić information content (AvgIpc) is 3.46. The predicted molar refractivity (Wildman–Crippen MR) is 115 cm³/mol. The van der Waals surface area contributed by atoms with E-state index in [1.807, 2.05) is 60.4 Å². The summed E-state index contributed by atoms with van der Waals surface area (Å²) in [4.78, 5) is 26.8. The Morgan fingerprint density at radius 2 is 1.97 bits per heavy atom. The molecule has 0 radical (unpaired) electrons. The molecule has 1 N–H and O–H groups in total. The van der Waals surface area contributed by atoms with Crippen molar-refractivity contribution in [1.82, 2.24) is 30.0 Å². The van der Waals surface area contributed by atoms with Gasteiger partial charge in [0.05, 0.1) is 18.2 Å². The summed E-state index contributed by atoms with van der Waals surface area (Å²) in [6.45, 7) is 5.61. The third-order valence-electron chi connectivity index (χ3n) is 6.41. The number of nitrogens with zero attached hydrogens (tertiary/aromatic N) is 5. The second-order valence-corrected chi connectivity index (χ2v) is 8.49. The van der Waals surface area contributed by atoms with Gasteiger partial charge in [0.2, 0.25) is 5.88 Å². The van der Waals surface area contributed by atoms with Gasteiger partial charge in [-0.2, -0.15) is 5.10 Å². The van der Waals surface area contributed by atoms with Crippen LogP contribution in [-0.4, -0.2) is 69.2 Å². The van der Waals surface area contributed by atoms with E-state index in [0.29, 0.717) is 19.0 Å². The molecule has 2 aromatic heterocycles. The first-order valence-electron chi connectivity index (χ1n) is 10.5. The number of amides is 1. The number of carbonyl (C=O) groups excluding carboxylic acids is 1. The van der Waals surface area contributed by atoms with Gasteiger partial charge in [0, 0.05) is 50.3 Å². The Labute approximate surface area is 181 Å². The second-order valence-electron chi connectivity index (χ2n) is 8.49. The minimum atomic E-state index is -0.284. The number of aromatic nitrogens is 4. The zero-order valence-electron chi connectivity index (χ0n) is 17.8. The number of rotatable bonds is 5. The quantitative estimate of drug-likeness (QED) is 0.682. The number of hydrogen-bond donors (Lipinski definition) is 1. The number of nitrogens with one attached hydrogen (secondary N) is 1. The van der Waals surface area contributed by atoms with Crippen molar-refractivity contribution >= 4 is 5.91 Å². The highest BCUT2D eigenvalue weighted by atomic mass is 16.5. The molecule has 0 spiro atoms. The Kier molecular flexibility index (Phi) is 4.94. The molecule has 8 heteroatoms. The van der Waals surface area contributed by atoms with Crippen molar-refractivity contribution in [1.29, 1.82) is 0 Å². The first-order valence-corrected chi connectivity index (χ1v) is 10.5. The number of carbonyl (C=O) groups is 1. The average molecular weight is 419 g/mol. The lowest BCUT2D eigenvalue weighted by atomic mass is 9.80. The molecule has 8 nitrogen and oxygen atoms in total. The predicted octanol–water partition coefficient (Wildman–Crippen LogP) is 2.04. The molecule has 2 unspecified atom stereocenters. The van der Waals surface area contributed by atoms with Crippen LogP contribution in [0.5, 0.6) is 5.88 Å². The summed E-state index contributed by atoms with van der Waals surface area (Å²) in [6, 6.07) is 15.3. The van der Waals surface area contributed by atoms with E-state index in [9.17, 15) is 4.79 Å². The molecule has 2 saturated heterocycles. The van der Waals surface area contributed by atoms with Gasteiger partial charge in [0.25, 0.3) is 5.91 Å². The maximum absolute atomic E-state index is 13.1. The minimum Gasteiger partial charge on any atom is -0.481 e. The van der Waals surface area contributed by atoms with Crippen LogP contribution in [0, 0.1) is 12.8 Å². The molecule has 2 aliphatic heterocycles. The molecule has 5 rings (SSSR count). The lowest BCUT2D eigenvalue weighted by Crippen LogP contribution is -2.40. The summed E-state index contributed by atoms with van der Waals surface area (Å²) in [5, 5.41) is 7.53. The fourth-order valence-electron chi connectivity index (χ4n) is 4.98. The van der Waals surface area contributed by atoms with Crippen LogP contribution in [-0.2, 0) is 12.0 Å². The number of pyridine rings is 1. The van der Waals surface area contributed by atoms with Crippen LogP contribution in [0.4, 0.5) is 0 Å². The van der Waals surface area contributed by atoms with Crippen molar-refractivity contribution in [3.05, 3.63) is 71.4 Å². The smallest absolute Gasteiger partial charge is 0.253 e. The molecule has 0 bridgehead atoms. The lowest BCUT2D eigenvalue weighted by Gasteiger charge is -2.27. The van der Waals surface area contributed by atoms with Crippen molar-refractivity contribution < 1.29 is 9.53 Å². The lowest BCUT2D eigenvalue weighted by molar-refractivity contribution is 0.0768. The minimum absolute atomic E-state index is 0.0719. The van der Waals surface area contributed by atoms with Crippen LogP contribution in [0.3, 0.4) is 0 Å². The van der Waals surface area contributed by atoms with Gasteiger partial charge in [-0.25, -0.2) is 9.97 Å². The Morgan fingerprint density at radius 1 is 1.13 bits per heavy atom. The van der Waals surface area contributed by atoms with Crippen LogP contribution in [0.15, 0.2) is 48.5 Å². The molecule has 0 saturated carbocycles. The number of hydrogen-bond acceptors (Lipinski definition) is 6. The van der Waals surface area contributed by atoms with E-state index < -0.39 is 0 Å². The number of methoxy groups -OCH3 is 1. The molecule has 2 aliphatic rings. The molecular formula is C23H26N6O2. The summed E-state index contributed by atoms with van der Waals surface area (Å²) in [6.07, 6.45) is 0. The molecule has 160 valence electrons. The van der Waals surface area contributed by atoms with Crippen molar-refractivity contribution in [3.63, 3.8) is 0 Å². The molecule has 0 aliphatic carbocycles. The van der Waals surface area contributed by atoms with Gasteiger partial charge in [0.1, 0.15) is 5.82 Å². The molecular weight excluding hydrogens is 392 g/mol. The number of benzene rings is 1. The first-order chi connectivity index (χ1) is 15.1. The van der Waals surface area contributed by atoms with Gasteiger partial charge in [-0.15, -0.1) is 0 Å². The maximum atomic E-state index is 13.1. The molecule has 1 aromatic carbocycles. The van der Waals surface area contributed by atoms with Gasteiger partial charge < -0.3 is 9.64 Å². The number of H-pyrrole nitrogens is 1. The standard InChI is InChI=1S/C23H26N6O2/c1-16-24-22(27-26-16)23-14-28(13-19-9-6-10-20(25-19)31-2)11-18(23)12-29(15-23)21(30)17-7-4-3-5-8-17/h3-10,18H,11-15H2,1-2H3,(H,24,26,27). The SMILES string of the molecule is COc1cccc(CN2CC3CN(C(=O)c4ccccc4)CC3(c3n[nH]c(C)n3)C2)n1. The van der Waals surface area contributed by atoms with Crippen molar-refractivity contribution in [2.75, 3.05) is 33.3 Å². The summed E-state index contributed by atoms with van der Waals surface area (Å²) < 4.78 is 5.27. The van der Waals surface area contributed by atoms with E-state index in [1.54, 1.807) is 7.11 Å². The Morgan fingerprint density at radius 3 is 2.71 bits per heavy atom. The normalized spacial score (nSPS) is 23.2. The number of ether oxygens (including phenoxy) is 1. The van der Waals surface area contributed by atoms with E-state index in [1.165, 1.54) is 0 Å². The Hall–Kier alpha value is -3.26. The summed E-state index contributed by atoms with van der Waals surface area (Å²) in [5.41, 5.74) is 1.41. The summed E-state index contributed by atoms with van der Waals surface area (Å²) in [5.74, 6) is 2.56. The molecule has 1 amide bonds. The van der Waals surface area contributed by atoms with E-state index >= 15 is 0 Å². The fraction of sp³-hybridized carbons (Fsp3) is 0.391. The zero-order chi connectivity index (χ0) is 21.4. The van der Waals surface area contributed by atoms with Crippen LogP contribution in [0.2, 0.25) is 0 Å². The van der Waals surface area contributed by atoms with Gasteiger partial charge >= 0.3 is 0 Å². The molecule has 2 fully saturated rings. The van der Waals surface area contributed by atoms with Crippen molar-refractivity contribution in [3.8, 4) is 5.88 Å². The molecule has 3 aromatic rings. The van der Waals surface area contributed by atoms with E-state index in [-0.39, 0.29) is 17.2 Å². The van der Waals surface area contributed by atoms with E-state index in [0.717, 1.165) is 42.5 Å². The molecule has 31 heavy (non-hydrogen) atoms. The Bertz CT molecular complexity index is 1080. The monoisotopic (exact) mass is 418 g/mol. The van der Waals surface area contributed by atoms with E-state index in [2.05, 4.69) is 20.1 Å². The summed E-state index contributed by atoms with van der Waals surface area (Å²) in [7, 11) is 1.63. The first kappa shape index (κ1) is 19.7. The Balaban J connectivity index is 1.40. The van der Waals surface area contributed by atoms with Crippen molar-refractivity contribution in [2.45, 2.75) is 18.9 Å². The van der Waals surface area contributed by atoms with Crippen molar-refractivity contribution in [2.24, 2.45) is 5.92 Å². The maximum Gasteiger partial charge on any atom is 0.253 e. The number of aryl methyl sites for hydroxylation is 1. The third-order valence-corrected chi connectivity index (χ3v) is 6.41. The fourth-order valence-corrected chi connectivity index (χ4v) is 4.98. The summed E-state index contributed by atoms with van der Waals surface area (Å²) >= 11 is 0. The van der Waals surface area contributed by atoms with Crippen LogP contribution < -0.4 is 4.74 Å². The van der Waals surface area contributed by atoms with Gasteiger partial charge in [-0.3, -0.25) is 14.8 Å². The number of likely N-dealkylation sites (tertiary alicyclic amines) is 2. The highest BCUT2D eigenvalue weighted by molar-refractivity contribution is 5.94. The molecule has 2 atom stereocenters. The van der Waals surface area contributed by atoms with Gasteiger partial charge in [-0.05, 0) is 25.1 Å². The largest absolute Gasteiger partial charge is 0.481 e. The zero-order valence-corrected chi connectivity index (χ0v) is 17.8.